The van der Waals surface area contributed by atoms with Gasteiger partial charge in [0.15, 0.2) is 11.5 Å². The molecule has 1 aliphatic rings. The highest BCUT2D eigenvalue weighted by Crippen LogP contribution is 2.32. The van der Waals surface area contributed by atoms with Crippen LogP contribution in [-0.4, -0.2) is 11.8 Å². The van der Waals surface area contributed by atoms with Crippen molar-refractivity contribution in [2.75, 3.05) is 6.79 Å². The lowest BCUT2D eigenvalue weighted by Gasteiger charge is -2.05. The Labute approximate surface area is 106 Å². The normalized spacial score (nSPS) is 12.7. The summed E-state index contributed by atoms with van der Waals surface area (Å²) in [4.78, 5) is 4.08. The van der Waals surface area contributed by atoms with Gasteiger partial charge in [0.05, 0.1) is 0 Å². The molecule has 1 aliphatic heterocycles. The van der Waals surface area contributed by atoms with E-state index in [-0.39, 0.29) is 0 Å². The molecule has 0 saturated heterocycles. The second-order valence-corrected chi connectivity index (χ2v) is 4.15. The molecule has 0 bridgehead atoms. The average Bonchev–Trinajstić information content (AvgIpc) is 2.87. The molecule has 0 saturated carbocycles. The Morgan fingerprint density at radius 1 is 1.06 bits per heavy atom. The molecule has 0 radical (unpaired) electrons. The molecule has 0 spiro atoms. The minimum absolute atomic E-state index is 0.321. The lowest BCUT2D eigenvalue weighted by atomic mass is 10.2. The van der Waals surface area contributed by atoms with E-state index in [2.05, 4.69) is 16.4 Å². The summed E-state index contributed by atoms with van der Waals surface area (Å²) < 4.78 is 10.6. The third kappa shape index (κ3) is 2.43. The number of aromatic nitrogens is 1. The van der Waals surface area contributed by atoms with E-state index in [4.69, 9.17) is 9.47 Å². The minimum atomic E-state index is 0.321. The van der Waals surface area contributed by atoms with Gasteiger partial charge in [0.2, 0.25) is 6.79 Å². The average molecular weight is 242 g/mol. The van der Waals surface area contributed by atoms with Gasteiger partial charge in [-0.15, -0.1) is 0 Å². The standard InChI is InChI=1S/C14H14N2O2/c1-2-12(8-15-5-1)9-16-7-11-3-4-13-14(6-11)18-10-17-13/h1-6,8,16H,7,9-10H2. The highest BCUT2D eigenvalue weighted by Gasteiger charge is 2.12. The molecule has 2 aromatic rings. The van der Waals surface area contributed by atoms with Crippen LogP contribution in [0.15, 0.2) is 42.7 Å². The molecular formula is C14H14N2O2. The fourth-order valence-electron chi connectivity index (χ4n) is 1.90. The third-order valence-corrected chi connectivity index (χ3v) is 2.82. The van der Waals surface area contributed by atoms with Gasteiger partial charge in [-0.3, -0.25) is 4.98 Å². The quantitative estimate of drug-likeness (QED) is 0.891. The van der Waals surface area contributed by atoms with E-state index < -0.39 is 0 Å². The van der Waals surface area contributed by atoms with Gasteiger partial charge in [0.25, 0.3) is 0 Å². The molecular weight excluding hydrogens is 228 g/mol. The van der Waals surface area contributed by atoms with Crippen molar-refractivity contribution in [2.45, 2.75) is 13.1 Å². The lowest BCUT2D eigenvalue weighted by Crippen LogP contribution is -2.12. The maximum atomic E-state index is 5.34. The van der Waals surface area contributed by atoms with Crippen LogP contribution in [0.5, 0.6) is 11.5 Å². The molecule has 0 atom stereocenters. The Hall–Kier alpha value is -2.07. The zero-order valence-electron chi connectivity index (χ0n) is 9.93. The molecule has 1 aromatic heterocycles. The first-order valence-electron chi connectivity index (χ1n) is 5.90. The van der Waals surface area contributed by atoms with Crippen LogP contribution in [0.1, 0.15) is 11.1 Å². The van der Waals surface area contributed by atoms with Crippen molar-refractivity contribution in [3.63, 3.8) is 0 Å². The zero-order valence-corrected chi connectivity index (χ0v) is 9.93. The molecule has 92 valence electrons. The third-order valence-electron chi connectivity index (χ3n) is 2.82. The van der Waals surface area contributed by atoms with Crippen molar-refractivity contribution in [2.24, 2.45) is 0 Å². The van der Waals surface area contributed by atoms with Crippen LogP contribution < -0.4 is 14.8 Å². The molecule has 2 heterocycles. The van der Waals surface area contributed by atoms with Gasteiger partial charge >= 0.3 is 0 Å². The number of benzene rings is 1. The molecule has 0 fully saturated rings. The van der Waals surface area contributed by atoms with Crippen LogP contribution in [0.3, 0.4) is 0 Å². The van der Waals surface area contributed by atoms with Crippen LogP contribution >= 0.6 is 0 Å². The Balaban J connectivity index is 1.57. The van der Waals surface area contributed by atoms with Crippen LogP contribution in [0.2, 0.25) is 0 Å². The van der Waals surface area contributed by atoms with Gasteiger partial charge in [-0.1, -0.05) is 12.1 Å². The summed E-state index contributed by atoms with van der Waals surface area (Å²) in [6.45, 7) is 1.93. The summed E-state index contributed by atoms with van der Waals surface area (Å²) in [5.41, 5.74) is 2.36. The minimum Gasteiger partial charge on any atom is -0.454 e. The summed E-state index contributed by atoms with van der Waals surface area (Å²) in [5, 5.41) is 3.37. The Bertz CT molecular complexity index is 529. The van der Waals surface area contributed by atoms with Crippen LogP contribution in [0.4, 0.5) is 0 Å². The van der Waals surface area contributed by atoms with E-state index >= 15 is 0 Å². The Kier molecular flexibility index (Phi) is 3.10. The van der Waals surface area contributed by atoms with E-state index in [1.54, 1.807) is 6.20 Å². The first-order valence-corrected chi connectivity index (χ1v) is 5.90. The maximum absolute atomic E-state index is 5.34. The summed E-state index contributed by atoms with van der Waals surface area (Å²) in [6.07, 6.45) is 3.65. The van der Waals surface area contributed by atoms with Gasteiger partial charge in [0, 0.05) is 25.5 Å². The van der Waals surface area contributed by atoms with Crippen LogP contribution in [0.25, 0.3) is 0 Å². The van der Waals surface area contributed by atoms with Crippen LogP contribution in [-0.2, 0) is 13.1 Å². The zero-order chi connectivity index (χ0) is 12.2. The molecule has 3 rings (SSSR count). The van der Waals surface area contributed by atoms with Crippen molar-refractivity contribution in [3.8, 4) is 11.5 Å². The van der Waals surface area contributed by atoms with Crippen LogP contribution in [0, 0.1) is 0 Å². The molecule has 0 amide bonds. The SMILES string of the molecule is c1cncc(CNCc2ccc3c(c2)OCO3)c1. The van der Waals surface area contributed by atoms with Gasteiger partial charge in [-0.2, -0.15) is 0 Å². The van der Waals surface area contributed by atoms with E-state index in [1.165, 1.54) is 11.1 Å². The molecule has 4 nitrogen and oxygen atoms in total. The number of pyridine rings is 1. The van der Waals surface area contributed by atoms with Gasteiger partial charge in [-0.25, -0.2) is 0 Å². The van der Waals surface area contributed by atoms with Gasteiger partial charge < -0.3 is 14.8 Å². The van der Waals surface area contributed by atoms with Crippen molar-refractivity contribution >= 4 is 0 Å². The van der Waals surface area contributed by atoms with Crippen molar-refractivity contribution in [3.05, 3.63) is 53.9 Å². The molecule has 1 N–H and O–H groups in total. The fraction of sp³-hybridized carbons (Fsp3) is 0.214. The van der Waals surface area contributed by atoms with Crippen molar-refractivity contribution in [1.82, 2.24) is 10.3 Å². The topological polar surface area (TPSA) is 43.4 Å². The highest BCUT2D eigenvalue weighted by atomic mass is 16.7. The summed E-state index contributed by atoms with van der Waals surface area (Å²) in [5.74, 6) is 1.65. The fourth-order valence-corrected chi connectivity index (χ4v) is 1.90. The molecule has 0 unspecified atom stereocenters. The smallest absolute Gasteiger partial charge is 0.231 e. The predicted molar refractivity (Wildman–Crippen MR) is 67.3 cm³/mol. The van der Waals surface area contributed by atoms with Gasteiger partial charge in [-0.05, 0) is 29.3 Å². The first-order chi connectivity index (χ1) is 8.92. The van der Waals surface area contributed by atoms with Crippen molar-refractivity contribution in [1.29, 1.82) is 0 Å². The lowest BCUT2D eigenvalue weighted by molar-refractivity contribution is 0.174. The monoisotopic (exact) mass is 242 g/mol. The number of ether oxygens (including phenoxy) is 2. The number of nitrogens with one attached hydrogen (secondary N) is 1. The Morgan fingerprint density at radius 3 is 2.83 bits per heavy atom. The van der Waals surface area contributed by atoms with E-state index in [0.29, 0.717) is 6.79 Å². The number of hydrogen-bond acceptors (Lipinski definition) is 4. The highest BCUT2D eigenvalue weighted by molar-refractivity contribution is 5.44. The van der Waals surface area contributed by atoms with Crippen molar-refractivity contribution < 1.29 is 9.47 Å². The molecule has 18 heavy (non-hydrogen) atoms. The summed E-state index contributed by atoms with van der Waals surface area (Å²) in [6, 6.07) is 10.0. The maximum Gasteiger partial charge on any atom is 0.231 e. The molecule has 1 aromatic carbocycles. The Morgan fingerprint density at radius 2 is 1.94 bits per heavy atom. The molecule has 0 aliphatic carbocycles. The second kappa shape index (κ2) is 5.06. The summed E-state index contributed by atoms with van der Waals surface area (Å²) in [7, 11) is 0. The largest absolute Gasteiger partial charge is 0.454 e. The first kappa shape index (κ1) is 11.0. The van der Waals surface area contributed by atoms with E-state index in [1.807, 2.05) is 30.5 Å². The number of rotatable bonds is 4. The number of nitrogens with zero attached hydrogens (tertiary/aromatic N) is 1. The number of hydrogen-bond donors (Lipinski definition) is 1. The van der Waals surface area contributed by atoms with E-state index in [9.17, 15) is 0 Å². The summed E-state index contributed by atoms with van der Waals surface area (Å²) >= 11 is 0. The molecule has 4 heteroatoms. The van der Waals surface area contributed by atoms with E-state index in [0.717, 1.165) is 24.6 Å². The second-order valence-electron chi connectivity index (χ2n) is 4.15. The number of fused-ring (bicyclic) bond motifs is 1. The predicted octanol–water partition coefficient (Wildman–Crippen LogP) is 2.10. The van der Waals surface area contributed by atoms with Gasteiger partial charge in [0.1, 0.15) is 0 Å².